The van der Waals surface area contributed by atoms with Crippen LogP contribution in [0.25, 0.3) is 0 Å². The van der Waals surface area contributed by atoms with E-state index in [9.17, 15) is 5.11 Å². The van der Waals surface area contributed by atoms with E-state index in [2.05, 4.69) is 66.9 Å². The molecule has 3 rings (SSSR count). The lowest BCUT2D eigenvalue weighted by Gasteiger charge is -2.30. The molecule has 0 radical (unpaired) electrons. The summed E-state index contributed by atoms with van der Waals surface area (Å²) in [5, 5.41) is 12.5. The van der Waals surface area contributed by atoms with E-state index >= 15 is 0 Å². The molecule has 23 heavy (non-hydrogen) atoms. The summed E-state index contributed by atoms with van der Waals surface area (Å²) in [7, 11) is 2.10. The number of hydrogen-bond donors (Lipinski definition) is 1. The van der Waals surface area contributed by atoms with E-state index in [-0.39, 0.29) is 29.9 Å². The number of rotatable bonds is 4. The van der Waals surface area contributed by atoms with Crippen molar-refractivity contribution in [2.45, 2.75) is 25.3 Å². The van der Waals surface area contributed by atoms with Gasteiger partial charge in [0.2, 0.25) is 0 Å². The first-order valence-corrected chi connectivity index (χ1v) is 8.43. The van der Waals surface area contributed by atoms with Gasteiger partial charge in [0.15, 0.2) is 0 Å². The molecule has 1 aliphatic rings. The van der Waals surface area contributed by atoms with Crippen LogP contribution in [0, 0.1) is 6.92 Å². The Bertz CT molecular complexity index is 693. The summed E-state index contributed by atoms with van der Waals surface area (Å²) in [5.74, 6) is 0.602. The molecular weight excluding hydrogens is 417 g/mol. The molecule has 4 heteroatoms. The van der Waals surface area contributed by atoms with Crippen molar-refractivity contribution in [2.75, 3.05) is 7.05 Å². The largest absolute Gasteiger partial charge is 0.508 e. The molecule has 0 aliphatic carbocycles. The van der Waals surface area contributed by atoms with E-state index in [1.165, 1.54) is 10.4 Å². The van der Waals surface area contributed by atoms with Gasteiger partial charge in [-0.25, -0.2) is 0 Å². The Hall–Kier alpha value is -1.27. The summed E-state index contributed by atoms with van der Waals surface area (Å²) in [4.78, 5) is 3.53. The third kappa shape index (κ3) is 4.18. The number of aromatic hydroxyl groups is 1. The number of likely N-dealkylation sites (N-methyl/N-ethyl adjacent to an activating group) is 1. The predicted molar refractivity (Wildman–Crippen MR) is 109 cm³/mol. The molecule has 0 saturated heterocycles. The van der Waals surface area contributed by atoms with Gasteiger partial charge in [0.05, 0.1) is 0 Å². The van der Waals surface area contributed by atoms with Crippen LogP contribution in [0.15, 0.2) is 60.1 Å². The maximum Gasteiger partial charge on any atom is 0.119 e. The number of nitrogens with zero attached hydrogens (tertiary/aromatic N) is 1. The number of allylic oxidation sites excluding steroid dienone is 2. The first kappa shape index (κ1) is 18.1. The van der Waals surface area contributed by atoms with E-state index in [1.54, 1.807) is 11.3 Å². The Kier molecular flexibility index (Phi) is 6.30. The van der Waals surface area contributed by atoms with Crippen LogP contribution >= 0.6 is 35.3 Å². The molecule has 2 heterocycles. The van der Waals surface area contributed by atoms with Crippen molar-refractivity contribution in [3.63, 3.8) is 0 Å². The van der Waals surface area contributed by atoms with Crippen molar-refractivity contribution in [1.82, 2.24) is 4.90 Å². The molecular formula is C19H22INOS. The van der Waals surface area contributed by atoms with Crippen LogP contribution in [-0.2, 0) is 0 Å². The number of benzene rings is 1. The zero-order valence-corrected chi connectivity index (χ0v) is 16.5. The zero-order valence-electron chi connectivity index (χ0n) is 13.3. The molecule has 0 spiro atoms. The van der Waals surface area contributed by atoms with Crippen LogP contribution in [0.2, 0.25) is 0 Å². The van der Waals surface area contributed by atoms with Crippen molar-refractivity contribution in [3.05, 3.63) is 76.1 Å². The summed E-state index contributed by atoms with van der Waals surface area (Å²) >= 11 is 1.76. The van der Waals surface area contributed by atoms with Gasteiger partial charge in [-0.05, 0) is 43.1 Å². The number of halogens is 1. The average Bonchev–Trinajstić information content (AvgIpc) is 3.03. The molecule has 0 saturated carbocycles. The second kappa shape index (κ2) is 8.02. The van der Waals surface area contributed by atoms with Gasteiger partial charge in [0, 0.05) is 29.4 Å². The quantitative estimate of drug-likeness (QED) is 0.655. The maximum absolute atomic E-state index is 10.4. The Labute approximate surface area is 159 Å². The van der Waals surface area contributed by atoms with Crippen LogP contribution in [-0.4, -0.2) is 23.1 Å². The number of hydrogen-bond acceptors (Lipinski definition) is 3. The van der Waals surface area contributed by atoms with Gasteiger partial charge in [-0.2, -0.15) is 0 Å². The highest BCUT2D eigenvalue weighted by Gasteiger charge is 2.24. The fraction of sp³-hybridized carbons (Fsp3) is 0.263. The first-order valence-electron chi connectivity index (χ1n) is 7.55. The highest BCUT2D eigenvalue weighted by Crippen LogP contribution is 2.38. The van der Waals surface area contributed by atoms with Gasteiger partial charge < -0.3 is 10.0 Å². The van der Waals surface area contributed by atoms with Crippen LogP contribution in [0.1, 0.15) is 28.3 Å². The Morgan fingerprint density at radius 1 is 1.26 bits per heavy atom. The summed E-state index contributed by atoms with van der Waals surface area (Å²) in [6.07, 6.45) is 9.45. The van der Waals surface area contributed by atoms with Crippen molar-refractivity contribution < 1.29 is 5.11 Å². The molecule has 1 N–H and O–H groups in total. The molecule has 2 unspecified atom stereocenters. The van der Waals surface area contributed by atoms with Crippen LogP contribution in [0.3, 0.4) is 0 Å². The summed E-state index contributed by atoms with van der Waals surface area (Å²) in [6, 6.07) is 10.5. The minimum absolute atomic E-state index is 0. The van der Waals surface area contributed by atoms with Crippen LogP contribution in [0.5, 0.6) is 5.75 Å². The first-order chi connectivity index (χ1) is 10.6. The third-order valence-corrected chi connectivity index (χ3v) is 5.20. The molecule has 0 fully saturated rings. The lowest BCUT2D eigenvalue weighted by atomic mass is 9.88. The van der Waals surface area contributed by atoms with Gasteiger partial charge in [-0.15, -0.1) is 35.3 Å². The van der Waals surface area contributed by atoms with Crippen LogP contribution < -0.4 is 0 Å². The Balaban J connectivity index is 0.00000192. The standard InChI is InChI=1S/C19H21NOS.HI/c1-14-8-9-18(21)16(12-14)17(19-7-5-11-22-19)13-15-6-3-4-10-20(15)2;/h3-12,15,17,21H,13H2,1-2H3;1H. The SMILES string of the molecule is Cc1ccc(O)c(C(CC2C=CC=CN2C)c2cccs2)c1.I. The predicted octanol–water partition coefficient (Wildman–Crippen LogP) is 5.29. The average molecular weight is 439 g/mol. The number of thiophene rings is 1. The van der Waals surface area contributed by atoms with Gasteiger partial charge in [0.1, 0.15) is 5.75 Å². The van der Waals surface area contributed by atoms with Gasteiger partial charge in [-0.1, -0.05) is 35.9 Å². The fourth-order valence-corrected chi connectivity index (χ4v) is 3.81. The molecule has 122 valence electrons. The molecule has 1 aliphatic heterocycles. The van der Waals surface area contributed by atoms with Crippen molar-refractivity contribution in [2.24, 2.45) is 0 Å². The van der Waals surface area contributed by atoms with E-state index in [0.29, 0.717) is 11.8 Å². The topological polar surface area (TPSA) is 23.5 Å². The van der Waals surface area contributed by atoms with E-state index in [0.717, 1.165) is 12.0 Å². The number of phenolic OH excluding ortho intramolecular Hbond substituents is 1. The minimum atomic E-state index is 0. The number of aryl methyl sites for hydroxylation is 1. The maximum atomic E-state index is 10.4. The monoisotopic (exact) mass is 439 g/mol. The molecule has 0 amide bonds. The highest BCUT2D eigenvalue weighted by atomic mass is 127. The van der Waals surface area contributed by atoms with Crippen LogP contribution in [0.4, 0.5) is 0 Å². The molecule has 1 aromatic carbocycles. The normalized spacial score (nSPS) is 17.8. The zero-order chi connectivity index (χ0) is 15.5. The van der Waals surface area contributed by atoms with Gasteiger partial charge in [0.25, 0.3) is 0 Å². The van der Waals surface area contributed by atoms with E-state index in [1.807, 2.05) is 12.1 Å². The second-order valence-corrected chi connectivity index (χ2v) is 6.80. The molecule has 2 nitrogen and oxygen atoms in total. The lowest BCUT2D eigenvalue weighted by molar-refractivity contribution is 0.349. The Morgan fingerprint density at radius 3 is 2.78 bits per heavy atom. The van der Waals surface area contributed by atoms with Crippen molar-refractivity contribution >= 4 is 35.3 Å². The summed E-state index contributed by atoms with van der Waals surface area (Å²) in [5.41, 5.74) is 2.21. The van der Waals surface area contributed by atoms with Gasteiger partial charge in [-0.3, -0.25) is 0 Å². The molecule has 1 aromatic heterocycles. The van der Waals surface area contributed by atoms with E-state index < -0.39 is 0 Å². The van der Waals surface area contributed by atoms with Crippen molar-refractivity contribution in [3.8, 4) is 5.75 Å². The summed E-state index contributed by atoms with van der Waals surface area (Å²) in [6.45, 7) is 2.07. The molecule has 2 atom stereocenters. The van der Waals surface area contributed by atoms with Crippen molar-refractivity contribution in [1.29, 1.82) is 0 Å². The highest BCUT2D eigenvalue weighted by molar-refractivity contribution is 14.0. The van der Waals surface area contributed by atoms with E-state index in [4.69, 9.17) is 0 Å². The third-order valence-electron chi connectivity index (χ3n) is 4.21. The Morgan fingerprint density at radius 2 is 2.09 bits per heavy atom. The molecule has 0 bridgehead atoms. The van der Waals surface area contributed by atoms with Gasteiger partial charge >= 0.3 is 0 Å². The second-order valence-electron chi connectivity index (χ2n) is 5.83. The fourth-order valence-electron chi connectivity index (χ4n) is 2.95. The molecule has 2 aromatic rings. The smallest absolute Gasteiger partial charge is 0.119 e. The summed E-state index contributed by atoms with van der Waals surface area (Å²) < 4.78 is 0. The lowest BCUT2D eigenvalue weighted by Crippen LogP contribution is -2.28. The number of phenols is 1. The minimum Gasteiger partial charge on any atom is -0.508 e.